The molecule has 1 fully saturated rings. The third kappa shape index (κ3) is 5.67. The maximum absolute atomic E-state index is 12.7. The summed E-state index contributed by atoms with van der Waals surface area (Å²) in [6.45, 7) is 1.06. The number of nitrogens with one attached hydrogen (secondary N) is 1. The Balaban J connectivity index is 1.29. The van der Waals surface area contributed by atoms with E-state index >= 15 is 0 Å². The Morgan fingerprint density at radius 1 is 0.848 bits per heavy atom. The van der Waals surface area contributed by atoms with Crippen molar-refractivity contribution in [3.63, 3.8) is 0 Å². The van der Waals surface area contributed by atoms with Gasteiger partial charge in [0.25, 0.3) is 0 Å². The summed E-state index contributed by atoms with van der Waals surface area (Å²) in [4.78, 5) is 12.7. The number of methoxy groups -OCH3 is 2. The van der Waals surface area contributed by atoms with E-state index in [9.17, 15) is 4.79 Å². The van der Waals surface area contributed by atoms with Crippen molar-refractivity contribution >= 4 is 5.91 Å². The molecule has 0 aromatic heterocycles. The van der Waals surface area contributed by atoms with Gasteiger partial charge in [0.15, 0.2) is 11.5 Å². The first-order valence-corrected chi connectivity index (χ1v) is 11.4. The zero-order chi connectivity index (χ0) is 23.1. The molecule has 4 rings (SSSR count). The van der Waals surface area contributed by atoms with Gasteiger partial charge in [0.2, 0.25) is 5.91 Å². The molecule has 5 heteroatoms. The lowest BCUT2D eigenvalue weighted by Crippen LogP contribution is -2.29. The molecule has 0 saturated heterocycles. The molecule has 1 aliphatic rings. The van der Waals surface area contributed by atoms with Gasteiger partial charge in [-0.15, -0.1) is 0 Å². The zero-order valence-electron chi connectivity index (χ0n) is 19.3. The molecular formula is C28H31NO4. The molecule has 172 valence electrons. The van der Waals surface area contributed by atoms with Gasteiger partial charge >= 0.3 is 0 Å². The van der Waals surface area contributed by atoms with E-state index in [0.29, 0.717) is 31.1 Å². The maximum Gasteiger partial charge on any atom is 0.220 e. The molecule has 1 aliphatic carbocycles. The van der Waals surface area contributed by atoms with Crippen molar-refractivity contribution in [2.75, 3.05) is 20.8 Å². The average Bonchev–Trinajstić information content (AvgIpc) is 3.63. The molecule has 0 radical (unpaired) electrons. The summed E-state index contributed by atoms with van der Waals surface area (Å²) in [6.07, 6.45) is 3.25. The highest BCUT2D eigenvalue weighted by Crippen LogP contribution is 2.53. The van der Waals surface area contributed by atoms with E-state index in [2.05, 4.69) is 11.4 Å². The Kier molecular flexibility index (Phi) is 7.18. The van der Waals surface area contributed by atoms with Crippen molar-refractivity contribution in [3.05, 3.63) is 89.5 Å². The second-order valence-corrected chi connectivity index (χ2v) is 8.52. The van der Waals surface area contributed by atoms with Crippen LogP contribution in [0.5, 0.6) is 17.2 Å². The van der Waals surface area contributed by atoms with Crippen LogP contribution in [0.4, 0.5) is 0 Å². The predicted molar refractivity (Wildman–Crippen MR) is 129 cm³/mol. The molecule has 1 saturated carbocycles. The summed E-state index contributed by atoms with van der Waals surface area (Å²) in [7, 11) is 3.32. The van der Waals surface area contributed by atoms with E-state index in [-0.39, 0.29) is 11.3 Å². The van der Waals surface area contributed by atoms with Gasteiger partial charge in [0.1, 0.15) is 12.4 Å². The molecule has 0 bridgehead atoms. The first-order chi connectivity index (χ1) is 16.1. The summed E-state index contributed by atoms with van der Waals surface area (Å²) in [5.74, 6) is 2.35. The molecule has 5 nitrogen and oxygen atoms in total. The third-order valence-electron chi connectivity index (χ3n) is 6.23. The van der Waals surface area contributed by atoms with E-state index in [1.54, 1.807) is 14.2 Å². The normalized spacial score (nSPS) is 13.8. The summed E-state index contributed by atoms with van der Waals surface area (Å²) >= 11 is 0. The predicted octanol–water partition coefficient (Wildman–Crippen LogP) is 5.06. The zero-order valence-corrected chi connectivity index (χ0v) is 19.3. The molecule has 0 heterocycles. The Labute approximate surface area is 195 Å². The highest BCUT2D eigenvalue weighted by atomic mass is 16.5. The minimum atomic E-state index is -0.0857. The molecule has 1 N–H and O–H groups in total. The number of rotatable bonds is 11. The van der Waals surface area contributed by atoms with Gasteiger partial charge in [-0.2, -0.15) is 0 Å². The van der Waals surface area contributed by atoms with Crippen LogP contribution in [-0.2, 0) is 23.2 Å². The lowest BCUT2D eigenvalue weighted by molar-refractivity contribution is -0.121. The number of amides is 1. The minimum absolute atomic E-state index is 0.0770. The fourth-order valence-electron chi connectivity index (χ4n) is 4.21. The second-order valence-electron chi connectivity index (χ2n) is 8.52. The van der Waals surface area contributed by atoms with Gasteiger partial charge in [-0.05, 0) is 48.6 Å². The lowest BCUT2D eigenvalue weighted by atomic mass is 9.91. The monoisotopic (exact) mass is 445 g/mol. The summed E-state index contributed by atoms with van der Waals surface area (Å²) in [5, 5.41) is 3.08. The van der Waals surface area contributed by atoms with Crippen molar-refractivity contribution in [2.45, 2.75) is 37.7 Å². The minimum Gasteiger partial charge on any atom is -0.496 e. The summed E-state index contributed by atoms with van der Waals surface area (Å²) in [5.41, 5.74) is 3.24. The first kappa shape index (κ1) is 22.7. The number of para-hydroxylation sites is 1. The Morgan fingerprint density at radius 3 is 2.30 bits per heavy atom. The molecule has 0 spiro atoms. The summed E-state index contributed by atoms with van der Waals surface area (Å²) < 4.78 is 17.0. The first-order valence-electron chi connectivity index (χ1n) is 11.4. The maximum atomic E-state index is 12.7. The smallest absolute Gasteiger partial charge is 0.220 e. The van der Waals surface area contributed by atoms with Crippen LogP contribution in [0.15, 0.2) is 72.8 Å². The molecule has 0 unspecified atom stereocenters. The second kappa shape index (κ2) is 10.4. The molecule has 3 aromatic carbocycles. The van der Waals surface area contributed by atoms with Gasteiger partial charge in [-0.1, -0.05) is 54.6 Å². The molecule has 0 atom stereocenters. The fraction of sp³-hybridized carbons (Fsp3) is 0.321. The van der Waals surface area contributed by atoms with Crippen LogP contribution in [0.1, 0.15) is 36.0 Å². The van der Waals surface area contributed by atoms with Gasteiger partial charge in [-0.3, -0.25) is 4.79 Å². The van der Waals surface area contributed by atoms with Gasteiger partial charge in [-0.25, -0.2) is 0 Å². The number of carbonyl (C=O) groups excluding carboxylic acids is 1. The molecule has 0 aliphatic heterocycles. The van der Waals surface area contributed by atoms with Crippen LogP contribution in [0.3, 0.4) is 0 Å². The fourth-order valence-corrected chi connectivity index (χ4v) is 4.21. The molecular weight excluding hydrogens is 414 g/mol. The van der Waals surface area contributed by atoms with E-state index in [1.807, 2.05) is 66.7 Å². The van der Waals surface area contributed by atoms with E-state index in [4.69, 9.17) is 14.2 Å². The van der Waals surface area contributed by atoms with E-state index in [1.165, 1.54) is 0 Å². The standard InChI is InChI=1S/C28H31NO4/c1-31-24-11-7-6-10-23(24)28(15-16-28)19-27(30)29-17-14-21-12-13-25(26(18-21)32-2)33-20-22-8-4-3-5-9-22/h3-13,18H,14-17,19-20H2,1-2H3,(H,29,30). The van der Waals surface area contributed by atoms with Gasteiger partial charge in [0, 0.05) is 23.9 Å². The Morgan fingerprint density at radius 2 is 1.58 bits per heavy atom. The molecule has 1 amide bonds. The van der Waals surface area contributed by atoms with Crippen LogP contribution < -0.4 is 19.5 Å². The number of carbonyl (C=O) groups is 1. The molecule has 33 heavy (non-hydrogen) atoms. The van der Waals surface area contributed by atoms with Crippen LogP contribution in [-0.4, -0.2) is 26.7 Å². The van der Waals surface area contributed by atoms with Crippen LogP contribution in [0.25, 0.3) is 0 Å². The van der Waals surface area contributed by atoms with Crippen molar-refractivity contribution in [2.24, 2.45) is 0 Å². The molecule has 3 aromatic rings. The van der Waals surface area contributed by atoms with Gasteiger partial charge in [0.05, 0.1) is 14.2 Å². The largest absolute Gasteiger partial charge is 0.496 e. The van der Waals surface area contributed by atoms with Crippen LogP contribution >= 0.6 is 0 Å². The summed E-state index contributed by atoms with van der Waals surface area (Å²) in [6, 6.07) is 24.0. The lowest BCUT2D eigenvalue weighted by Gasteiger charge is -2.18. The van der Waals surface area contributed by atoms with Crippen molar-refractivity contribution in [1.82, 2.24) is 5.32 Å². The van der Waals surface area contributed by atoms with E-state index in [0.717, 1.165) is 41.7 Å². The van der Waals surface area contributed by atoms with Crippen molar-refractivity contribution in [3.8, 4) is 17.2 Å². The quantitative estimate of drug-likeness (QED) is 0.448. The Bertz CT molecular complexity index is 1080. The number of benzene rings is 3. The van der Waals surface area contributed by atoms with Crippen LogP contribution in [0.2, 0.25) is 0 Å². The highest BCUT2D eigenvalue weighted by Gasteiger charge is 2.47. The van der Waals surface area contributed by atoms with Gasteiger partial charge < -0.3 is 19.5 Å². The van der Waals surface area contributed by atoms with Crippen LogP contribution in [0, 0.1) is 0 Å². The number of hydrogen-bond acceptors (Lipinski definition) is 4. The number of hydrogen-bond donors (Lipinski definition) is 1. The SMILES string of the molecule is COc1cc(CCNC(=O)CC2(c3ccccc3OC)CC2)ccc1OCc1ccccc1. The number of ether oxygens (including phenoxy) is 3. The van der Waals surface area contributed by atoms with Crippen molar-refractivity contribution < 1.29 is 19.0 Å². The Hall–Kier alpha value is -3.47. The third-order valence-corrected chi connectivity index (χ3v) is 6.23. The topological polar surface area (TPSA) is 56.8 Å². The van der Waals surface area contributed by atoms with E-state index < -0.39 is 0 Å². The highest BCUT2D eigenvalue weighted by molar-refractivity contribution is 5.78. The van der Waals surface area contributed by atoms with Crippen molar-refractivity contribution in [1.29, 1.82) is 0 Å². The average molecular weight is 446 g/mol.